The number of pyridine rings is 1. The number of morpholine rings is 1. The lowest BCUT2D eigenvalue weighted by Crippen LogP contribution is -2.36. The molecular weight excluding hydrogens is 486 g/mol. The van der Waals surface area contributed by atoms with E-state index in [1.165, 1.54) is 18.6 Å². The predicted octanol–water partition coefficient (Wildman–Crippen LogP) is 4.97. The van der Waals surface area contributed by atoms with Crippen molar-refractivity contribution in [1.82, 2.24) is 18.9 Å². The number of nitrogens with zero attached hydrogens (tertiary/aromatic N) is 5. The quantitative estimate of drug-likeness (QED) is 0.319. The largest absolute Gasteiger partial charge is 0.465 e. The van der Waals surface area contributed by atoms with Crippen LogP contribution in [0.3, 0.4) is 0 Å². The van der Waals surface area contributed by atoms with Gasteiger partial charge in [-0.1, -0.05) is 23.7 Å². The van der Waals surface area contributed by atoms with Gasteiger partial charge in [-0.3, -0.25) is 9.55 Å². The molecule has 1 fully saturated rings. The second-order valence-corrected chi connectivity index (χ2v) is 9.17. The van der Waals surface area contributed by atoms with Crippen LogP contribution in [-0.4, -0.2) is 58.3 Å². The van der Waals surface area contributed by atoms with Crippen molar-refractivity contribution in [2.75, 3.05) is 38.3 Å². The van der Waals surface area contributed by atoms with Crippen molar-refractivity contribution < 1.29 is 14.3 Å². The van der Waals surface area contributed by atoms with Crippen molar-refractivity contribution in [2.45, 2.75) is 0 Å². The van der Waals surface area contributed by atoms with Crippen molar-refractivity contribution in [1.29, 1.82) is 0 Å². The van der Waals surface area contributed by atoms with Crippen molar-refractivity contribution >= 4 is 56.7 Å². The first kappa shape index (κ1) is 22.0. The number of halogens is 1. The first-order valence-corrected chi connectivity index (χ1v) is 12.3. The average Bonchev–Trinajstić information content (AvgIpc) is 3.56. The van der Waals surface area contributed by atoms with E-state index in [1.54, 1.807) is 12.4 Å². The van der Waals surface area contributed by atoms with E-state index >= 15 is 0 Å². The fraction of sp³-hybridized carbons (Fsp3) is 0.200. The molecule has 0 spiro atoms. The van der Waals surface area contributed by atoms with E-state index in [9.17, 15) is 4.79 Å². The Morgan fingerprint density at radius 1 is 1.17 bits per heavy atom. The number of hydrogen-bond acceptors (Lipinski definition) is 8. The number of esters is 1. The standard InChI is InChI=1S/C25H20ClN5O3S/c1-33-25(32)18-11-16(30-7-9-34-10-8-30)12-21-23(18)29-24(15-13-28-35-14-15)31(21)20-5-6-27-22-17(20)3-2-4-19(22)26/h2-6,11-14H,7-10H2,1H3. The number of carbonyl (C=O) groups is 1. The zero-order chi connectivity index (χ0) is 23.9. The van der Waals surface area contributed by atoms with Crippen LogP contribution in [0.5, 0.6) is 0 Å². The Hall–Kier alpha value is -3.53. The molecule has 1 saturated heterocycles. The molecule has 10 heteroatoms. The molecule has 2 aromatic carbocycles. The summed E-state index contributed by atoms with van der Waals surface area (Å²) in [7, 11) is 1.38. The van der Waals surface area contributed by atoms with Crippen molar-refractivity contribution in [2.24, 2.45) is 0 Å². The first-order chi connectivity index (χ1) is 17.2. The number of hydrogen-bond donors (Lipinski definition) is 0. The van der Waals surface area contributed by atoms with Gasteiger partial charge in [-0.2, -0.15) is 0 Å². The van der Waals surface area contributed by atoms with Crippen LogP contribution >= 0.6 is 23.1 Å². The Labute approximate surface area is 209 Å². The summed E-state index contributed by atoms with van der Waals surface area (Å²) in [6, 6.07) is 11.6. The van der Waals surface area contributed by atoms with Crippen molar-refractivity contribution in [3.05, 3.63) is 64.8 Å². The summed E-state index contributed by atoms with van der Waals surface area (Å²) < 4.78 is 17.0. The lowest BCUT2D eigenvalue weighted by atomic mass is 10.1. The first-order valence-electron chi connectivity index (χ1n) is 11.1. The fourth-order valence-electron chi connectivity index (χ4n) is 4.51. The van der Waals surface area contributed by atoms with Gasteiger partial charge in [-0.15, -0.1) is 0 Å². The second kappa shape index (κ2) is 8.92. The highest BCUT2D eigenvalue weighted by Crippen LogP contribution is 2.37. The smallest absolute Gasteiger partial charge is 0.340 e. The lowest BCUT2D eigenvalue weighted by Gasteiger charge is -2.29. The molecule has 1 aliphatic rings. The van der Waals surface area contributed by atoms with E-state index in [-0.39, 0.29) is 0 Å². The minimum atomic E-state index is -0.438. The van der Waals surface area contributed by atoms with Crippen molar-refractivity contribution in [3.8, 4) is 17.1 Å². The lowest BCUT2D eigenvalue weighted by molar-refractivity contribution is 0.0603. The Kier molecular flexibility index (Phi) is 5.60. The molecule has 0 aliphatic carbocycles. The summed E-state index contributed by atoms with van der Waals surface area (Å²) >= 11 is 7.83. The van der Waals surface area contributed by atoms with Gasteiger partial charge >= 0.3 is 5.97 Å². The molecule has 176 valence electrons. The number of methoxy groups -OCH3 is 1. The summed E-state index contributed by atoms with van der Waals surface area (Å²) in [5.74, 6) is 0.234. The third-order valence-corrected chi connectivity index (χ3v) is 7.05. The Bertz CT molecular complexity index is 1560. The minimum Gasteiger partial charge on any atom is -0.465 e. The molecule has 3 aromatic heterocycles. The molecular formula is C25H20ClN5O3S. The number of rotatable bonds is 4. The van der Waals surface area contributed by atoms with Gasteiger partial charge in [0.15, 0.2) is 0 Å². The van der Waals surface area contributed by atoms with E-state index < -0.39 is 5.97 Å². The molecule has 35 heavy (non-hydrogen) atoms. The van der Waals surface area contributed by atoms with Crippen LogP contribution in [0, 0.1) is 0 Å². The monoisotopic (exact) mass is 505 g/mol. The molecule has 0 radical (unpaired) electrons. The van der Waals surface area contributed by atoms with Gasteiger partial charge in [0.25, 0.3) is 0 Å². The molecule has 1 aliphatic heterocycles. The number of para-hydroxylation sites is 1. The number of ether oxygens (including phenoxy) is 2. The number of imidazole rings is 1. The van der Waals surface area contributed by atoms with Crippen molar-refractivity contribution in [3.63, 3.8) is 0 Å². The number of anilines is 1. The van der Waals surface area contributed by atoms with Crippen LogP contribution in [0.4, 0.5) is 5.69 Å². The van der Waals surface area contributed by atoms with E-state index in [4.69, 9.17) is 26.1 Å². The molecule has 0 bridgehead atoms. The third-order valence-electron chi connectivity index (χ3n) is 6.16. The van der Waals surface area contributed by atoms with Crippen LogP contribution < -0.4 is 4.90 Å². The minimum absolute atomic E-state index is 0.408. The SMILES string of the molecule is COC(=O)c1cc(N2CCOCC2)cc2c1nc(-c1cnsc1)n2-c1ccnc2c(Cl)cccc12. The molecule has 0 saturated carbocycles. The number of aromatic nitrogens is 4. The molecule has 0 unspecified atom stereocenters. The highest BCUT2D eigenvalue weighted by molar-refractivity contribution is 7.03. The topological polar surface area (TPSA) is 82.4 Å². The van der Waals surface area contributed by atoms with Crippen LogP contribution in [0.1, 0.15) is 10.4 Å². The molecule has 8 nitrogen and oxygen atoms in total. The maximum atomic E-state index is 12.9. The van der Waals surface area contributed by atoms with Crippen LogP contribution in [0.2, 0.25) is 5.02 Å². The molecule has 6 rings (SSSR count). The van der Waals surface area contributed by atoms with Gasteiger partial charge in [0.05, 0.1) is 53.8 Å². The highest BCUT2D eigenvalue weighted by atomic mass is 35.5. The number of benzene rings is 2. The average molecular weight is 506 g/mol. The summed E-state index contributed by atoms with van der Waals surface area (Å²) in [4.78, 5) is 24.6. The van der Waals surface area contributed by atoms with E-state index in [0.29, 0.717) is 40.7 Å². The number of fused-ring (bicyclic) bond motifs is 2. The number of carbonyl (C=O) groups excluding carboxylic acids is 1. The maximum absolute atomic E-state index is 12.9. The fourth-order valence-corrected chi connectivity index (χ4v) is 5.24. The Morgan fingerprint density at radius 3 is 2.80 bits per heavy atom. The second-order valence-electron chi connectivity index (χ2n) is 8.10. The van der Waals surface area contributed by atoms with Crippen LogP contribution in [-0.2, 0) is 9.47 Å². The van der Waals surface area contributed by atoms with Gasteiger partial charge in [-0.25, -0.2) is 14.2 Å². The molecule has 4 heterocycles. The zero-order valence-electron chi connectivity index (χ0n) is 18.8. The van der Waals surface area contributed by atoms with Gasteiger partial charge in [0.1, 0.15) is 11.3 Å². The van der Waals surface area contributed by atoms with Crippen LogP contribution in [0.15, 0.2) is 54.2 Å². The van der Waals surface area contributed by atoms with Gasteiger partial charge in [-0.05, 0) is 35.8 Å². The van der Waals surface area contributed by atoms with E-state index in [0.717, 1.165) is 40.9 Å². The summed E-state index contributed by atoms with van der Waals surface area (Å²) in [5.41, 5.74) is 5.06. The van der Waals surface area contributed by atoms with E-state index in [2.05, 4.69) is 24.9 Å². The third kappa shape index (κ3) is 3.72. The highest BCUT2D eigenvalue weighted by Gasteiger charge is 2.25. The normalized spacial score (nSPS) is 14.1. The zero-order valence-corrected chi connectivity index (χ0v) is 20.3. The maximum Gasteiger partial charge on any atom is 0.340 e. The van der Waals surface area contributed by atoms with Gasteiger partial charge in [0.2, 0.25) is 0 Å². The van der Waals surface area contributed by atoms with Gasteiger partial charge in [0, 0.05) is 41.3 Å². The van der Waals surface area contributed by atoms with E-state index in [1.807, 2.05) is 35.7 Å². The Balaban J connectivity index is 1.72. The molecule has 5 aromatic rings. The summed E-state index contributed by atoms with van der Waals surface area (Å²) in [6.45, 7) is 2.72. The molecule has 0 N–H and O–H groups in total. The summed E-state index contributed by atoms with van der Waals surface area (Å²) in [5, 5.41) is 3.38. The van der Waals surface area contributed by atoms with Crippen LogP contribution in [0.25, 0.3) is 39.0 Å². The predicted molar refractivity (Wildman–Crippen MR) is 137 cm³/mol. The molecule has 0 atom stereocenters. The summed E-state index contributed by atoms with van der Waals surface area (Å²) in [6.07, 6.45) is 3.51. The van der Waals surface area contributed by atoms with Gasteiger partial charge < -0.3 is 14.4 Å². The Morgan fingerprint density at radius 2 is 2.03 bits per heavy atom. The molecule has 0 amide bonds.